The van der Waals surface area contributed by atoms with Crippen LogP contribution in [0.4, 0.5) is 0 Å². The van der Waals surface area contributed by atoms with E-state index < -0.39 is 0 Å². The molecule has 1 amide bonds. The average molecular weight is 409 g/mol. The fourth-order valence-corrected chi connectivity index (χ4v) is 3.52. The lowest BCUT2D eigenvalue weighted by molar-refractivity contribution is -0.135. The maximum atomic E-state index is 12.1. The fraction of sp³-hybridized carbons (Fsp3) is 0.619. The molecule has 0 aromatic heterocycles. The van der Waals surface area contributed by atoms with Gasteiger partial charge in [-0.15, -0.1) is 0 Å². The van der Waals surface area contributed by atoms with E-state index in [1.165, 1.54) is 0 Å². The summed E-state index contributed by atoms with van der Waals surface area (Å²) in [6, 6.07) is 7.98. The number of hydrogen-bond acceptors (Lipinski definition) is 3. The zero-order valence-corrected chi connectivity index (χ0v) is 18.1. The number of halogens is 1. The van der Waals surface area contributed by atoms with Crippen LogP contribution in [0.15, 0.2) is 29.3 Å². The molecule has 0 aliphatic carbocycles. The molecule has 1 heterocycles. The maximum Gasteiger partial charge on any atom is 0.225 e. The van der Waals surface area contributed by atoms with Gasteiger partial charge in [-0.1, -0.05) is 37.6 Å². The summed E-state index contributed by atoms with van der Waals surface area (Å²) in [5, 5.41) is 7.50. The van der Waals surface area contributed by atoms with Gasteiger partial charge in [-0.05, 0) is 37.5 Å². The van der Waals surface area contributed by atoms with Crippen molar-refractivity contribution in [2.75, 3.05) is 33.3 Å². The van der Waals surface area contributed by atoms with Crippen molar-refractivity contribution in [1.82, 2.24) is 15.5 Å². The van der Waals surface area contributed by atoms with Crippen LogP contribution in [-0.4, -0.2) is 56.1 Å². The highest BCUT2D eigenvalue weighted by Gasteiger charge is 2.24. The van der Waals surface area contributed by atoms with Crippen molar-refractivity contribution in [2.24, 2.45) is 10.9 Å². The molecule has 1 aromatic carbocycles. The van der Waals surface area contributed by atoms with Gasteiger partial charge in [0.2, 0.25) is 5.91 Å². The summed E-state index contributed by atoms with van der Waals surface area (Å²) in [6.07, 6.45) is 1.69. The molecule has 1 aliphatic heterocycles. The second-order valence-electron chi connectivity index (χ2n) is 7.40. The molecule has 1 atom stereocenters. The van der Waals surface area contributed by atoms with Gasteiger partial charge in [-0.2, -0.15) is 0 Å². The summed E-state index contributed by atoms with van der Waals surface area (Å²) < 4.78 is 5.61. The number of methoxy groups -OCH3 is 1. The first-order valence-electron chi connectivity index (χ1n) is 10.1. The number of likely N-dealkylation sites (tertiary alicyclic amines) is 1. The van der Waals surface area contributed by atoms with Gasteiger partial charge in [0.1, 0.15) is 6.10 Å². The Morgan fingerprint density at radius 1 is 1.36 bits per heavy atom. The molecule has 28 heavy (non-hydrogen) atoms. The van der Waals surface area contributed by atoms with Crippen LogP contribution in [0.5, 0.6) is 0 Å². The largest absolute Gasteiger partial charge is 0.375 e. The molecule has 0 spiro atoms. The summed E-state index contributed by atoms with van der Waals surface area (Å²) >= 11 is 6.10. The van der Waals surface area contributed by atoms with Crippen LogP contribution in [0.3, 0.4) is 0 Å². The van der Waals surface area contributed by atoms with E-state index in [1.807, 2.05) is 49.9 Å². The number of guanidine groups is 1. The van der Waals surface area contributed by atoms with Crippen LogP contribution in [0, 0.1) is 5.92 Å². The SMILES string of the molecule is CCNC(=NCC(OC)c1cccc(Cl)c1)NC1CCN(C(=O)C(C)C)CC1. The third-order valence-electron chi connectivity index (χ3n) is 4.91. The molecule has 6 nitrogen and oxygen atoms in total. The van der Waals surface area contributed by atoms with Crippen LogP contribution in [0.2, 0.25) is 5.02 Å². The van der Waals surface area contributed by atoms with Crippen molar-refractivity contribution in [3.05, 3.63) is 34.9 Å². The van der Waals surface area contributed by atoms with Gasteiger partial charge in [-0.25, -0.2) is 0 Å². The molecule has 0 bridgehead atoms. The minimum Gasteiger partial charge on any atom is -0.375 e. The van der Waals surface area contributed by atoms with Gasteiger partial charge < -0.3 is 20.3 Å². The van der Waals surface area contributed by atoms with Crippen molar-refractivity contribution >= 4 is 23.5 Å². The molecule has 0 saturated carbocycles. The molecular formula is C21H33ClN4O2. The Balaban J connectivity index is 1.94. The smallest absolute Gasteiger partial charge is 0.225 e. The molecule has 7 heteroatoms. The molecule has 156 valence electrons. The molecule has 2 N–H and O–H groups in total. The maximum absolute atomic E-state index is 12.1. The molecule has 1 aliphatic rings. The summed E-state index contributed by atoms with van der Waals surface area (Å²) in [5.74, 6) is 1.07. The third kappa shape index (κ3) is 6.67. The van der Waals surface area contributed by atoms with Crippen molar-refractivity contribution in [1.29, 1.82) is 0 Å². The number of nitrogens with one attached hydrogen (secondary N) is 2. The predicted molar refractivity (Wildman–Crippen MR) is 115 cm³/mol. The van der Waals surface area contributed by atoms with E-state index in [2.05, 4.69) is 10.6 Å². The number of piperidine rings is 1. The lowest BCUT2D eigenvalue weighted by atomic mass is 10.0. The van der Waals surface area contributed by atoms with E-state index in [-0.39, 0.29) is 17.9 Å². The van der Waals surface area contributed by atoms with Crippen molar-refractivity contribution < 1.29 is 9.53 Å². The van der Waals surface area contributed by atoms with Gasteiger partial charge in [0.25, 0.3) is 0 Å². The van der Waals surface area contributed by atoms with E-state index in [9.17, 15) is 4.79 Å². The number of rotatable bonds is 7. The summed E-state index contributed by atoms with van der Waals surface area (Å²) in [4.78, 5) is 18.8. The van der Waals surface area contributed by atoms with Crippen LogP contribution in [0.25, 0.3) is 0 Å². The number of nitrogens with zero attached hydrogens (tertiary/aromatic N) is 2. The fourth-order valence-electron chi connectivity index (χ4n) is 3.32. The minimum atomic E-state index is -0.153. The summed E-state index contributed by atoms with van der Waals surface area (Å²) in [5.41, 5.74) is 1.01. The monoisotopic (exact) mass is 408 g/mol. The predicted octanol–water partition coefficient (Wildman–Crippen LogP) is 3.23. The standard InChI is InChI=1S/C21H33ClN4O2/c1-5-23-21(24-14-19(28-4)16-7-6-8-17(22)13-16)25-18-9-11-26(12-10-18)20(27)15(2)3/h6-8,13,15,18-19H,5,9-12,14H2,1-4H3,(H2,23,24,25). The highest BCUT2D eigenvalue weighted by Crippen LogP contribution is 2.20. The second-order valence-corrected chi connectivity index (χ2v) is 7.83. The van der Waals surface area contributed by atoms with E-state index in [0.717, 1.165) is 44.0 Å². The first kappa shape index (κ1) is 22.5. The zero-order chi connectivity index (χ0) is 20.5. The van der Waals surface area contributed by atoms with Gasteiger partial charge in [0.05, 0.1) is 6.54 Å². The first-order valence-corrected chi connectivity index (χ1v) is 10.4. The lowest BCUT2D eigenvalue weighted by Gasteiger charge is -2.34. The lowest BCUT2D eigenvalue weighted by Crippen LogP contribution is -2.50. The van der Waals surface area contributed by atoms with Gasteiger partial charge in [0, 0.05) is 43.7 Å². The number of aliphatic imine (C=N–C) groups is 1. The zero-order valence-electron chi connectivity index (χ0n) is 17.4. The molecule has 1 fully saturated rings. The Kier molecular flexibility index (Phi) is 9.06. The highest BCUT2D eigenvalue weighted by molar-refractivity contribution is 6.30. The Bertz CT molecular complexity index is 658. The van der Waals surface area contributed by atoms with Gasteiger partial charge in [-0.3, -0.25) is 9.79 Å². The van der Waals surface area contributed by atoms with Crippen molar-refractivity contribution in [3.63, 3.8) is 0 Å². The minimum absolute atomic E-state index is 0.0563. The average Bonchev–Trinajstić information content (AvgIpc) is 2.68. The molecule has 1 unspecified atom stereocenters. The number of benzene rings is 1. The van der Waals surface area contributed by atoms with E-state index in [4.69, 9.17) is 21.3 Å². The molecular weight excluding hydrogens is 376 g/mol. The van der Waals surface area contributed by atoms with Crippen LogP contribution in [-0.2, 0) is 9.53 Å². The van der Waals surface area contributed by atoms with Crippen LogP contribution in [0.1, 0.15) is 45.3 Å². The highest BCUT2D eigenvalue weighted by atomic mass is 35.5. The Hall–Kier alpha value is -1.79. The normalized spacial score (nSPS) is 16.9. The first-order chi connectivity index (χ1) is 13.4. The van der Waals surface area contributed by atoms with Gasteiger partial charge >= 0.3 is 0 Å². The number of hydrogen-bond donors (Lipinski definition) is 2. The Labute approximate surface area is 173 Å². The molecule has 2 rings (SSSR count). The Morgan fingerprint density at radius 2 is 2.07 bits per heavy atom. The quantitative estimate of drug-likeness (QED) is 0.537. The number of carbonyl (C=O) groups is 1. The van der Waals surface area contributed by atoms with Crippen molar-refractivity contribution in [2.45, 2.75) is 45.8 Å². The molecule has 0 radical (unpaired) electrons. The summed E-state index contributed by atoms with van der Waals surface area (Å²) in [6.45, 7) is 8.81. The molecule has 1 saturated heterocycles. The second kappa shape index (κ2) is 11.3. The van der Waals surface area contributed by atoms with Crippen LogP contribution < -0.4 is 10.6 Å². The van der Waals surface area contributed by atoms with E-state index in [0.29, 0.717) is 17.6 Å². The van der Waals surface area contributed by atoms with Gasteiger partial charge in [0.15, 0.2) is 5.96 Å². The Morgan fingerprint density at radius 3 is 2.64 bits per heavy atom. The van der Waals surface area contributed by atoms with E-state index >= 15 is 0 Å². The van der Waals surface area contributed by atoms with Crippen molar-refractivity contribution in [3.8, 4) is 0 Å². The third-order valence-corrected chi connectivity index (χ3v) is 5.14. The summed E-state index contributed by atoms with van der Waals surface area (Å²) in [7, 11) is 1.68. The van der Waals surface area contributed by atoms with E-state index in [1.54, 1.807) is 7.11 Å². The molecule has 1 aromatic rings. The topological polar surface area (TPSA) is 66.0 Å². The number of ether oxygens (including phenoxy) is 1. The van der Waals surface area contributed by atoms with Crippen LogP contribution >= 0.6 is 11.6 Å². The number of carbonyl (C=O) groups excluding carboxylic acids is 1. The number of amides is 1.